The second-order valence-corrected chi connectivity index (χ2v) is 8.95. The second kappa shape index (κ2) is 8.82. The van der Waals surface area contributed by atoms with Gasteiger partial charge in [-0.2, -0.15) is 5.26 Å². The van der Waals surface area contributed by atoms with E-state index in [9.17, 15) is 13.6 Å². The summed E-state index contributed by atoms with van der Waals surface area (Å²) in [6.45, 7) is 7.04. The number of hydrogen-bond donors (Lipinski definition) is 0. The molecular formula is C25H25F2N3O3. The number of hydrogen-bond acceptors (Lipinski definition) is 6. The number of fused-ring (bicyclic) bond motifs is 2. The predicted octanol–water partition coefficient (Wildman–Crippen LogP) is 3.12. The third-order valence-electron chi connectivity index (χ3n) is 7.06. The molecule has 2 fully saturated rings. The maximum absolute atomic E-state index is 13.9. The Hall–Kier alpha value is -2.86. The molecule has 0 spiro atoms. The zero-order valence-electron chi connectivity index (χ0n) is 18.4. The number of nitrogens with zero attached hydrogens (tertiary/aromatic N) is 3. The Morgan fingerprint density at radius 3 is 2.73 bits per heavy atom. The largest absolute Gasteiger partial charge is 0.457 e. The van der Waals surface area contributed by atoms with Crippen molar-refractivity contribution >= 4 is 5.97 Å². The Kier molecular flexibility index (Phi) is 5.87. The van der Waals surface area contributed by atoms with E-state index in [0.717, 1.165) is 42.9 Å². The maximum Gasteiger partial charge on any atom is 0.338 e. The first-order valence-electron chi connectivity index (χ1n) is 11.2. The van der Waals surface area contributed by atoms with E-state index in [2.05, 4.69) is 9.80 Å². The van der Waals surface area contributed by atoms with E-state index in [-0.39, 0.29) is 18.1 Å². The van der Waals surface area contributed by atoms with Crippen LogP contribution in [0, 0.1) is 29.9 Å². The Bertz CT molecular complexity index is 1120. The van der Waals surface area contributed by atoms with Crippen LogP contribution in [0.1, 0.15) is 44.3 Å². The lowest BCUT2D eigenvalue weighted by molar-refractivity contribution is -0.0903. The van der Waals surface area contributed by atoms with Gasteiger partial charge >= 0.3 is 5.97 Å². The van der Waals surface area contributed by atoms with E-state index in [4.69, 9.17) is 14.7 Å². The zero-order valence-corrected chi connectivity index (χ0v) is 18.4. The van der Waals surface area contributed by atoms with Gasteiger partial charge in [0.2, 0.25) is 0 Å². The number of nitriles is 1. The topological polar surface area (TPSA) is 65.8 Å². The van der Waals surface area contributed by atoms with E-state index < -0.39 is 17.2 Å². The highest BCUT2D eigenvalue weighted by Crippen LogP contribution is 2.33. The quantitative estimate of drug-likeness (QED) is 0.663. The number of morpholine rings is 1. The average molecular weight is 453 g/mol. The molecule has 2 saturated heterocycles. The zero-order chi connectivity index (χ0) is 23.1. The van der Waals surface area contributed by atoms with Gasteiger partial charge in [0.25, 0.3) is 0 Å². The third kappa shape index (κ3) is 4.12. The van der Waals surface area contributed by atoms with Crippen molar-refractivity contribution in [2.75, 3.05) is 39.3 Å². The smallest absolute Gasteiger partial charge is 0.338 e. The number of ether oxygens (including phenoxy) is 2. The fourth-order valence-corrected chi connectivity index (χ4v) is 5.12. The molecule has 6 nitrogen and oxygen atoms in total. The number of piperazine rings is 1. The molecule has 5 rings (SSSR count). The molecule has 2 atom stereocenters. The van der Waals surface area contributed by atoms with E-state index in [1.165, 1.54) is 12.1 Å². The van der Waals surface area contributed by atoms with Crippen molar-refractivity contribution in [3.05, 3.63) is 69.3 Å². The van der Waals surface area contributed by atoms with Crippen LogP contribution in [0.25, 0.3) is 0 Å². The number of carbonyl (C=O) groups is 1. The minimum atomic E-state index is -0.804. The summed E-state index contributed by atoms with van der Waals surface area (Å²) in [6.07, 6.45) is 0.476. The Labute approximate surface area is 191 Å². The van der Waals surface area contributed by atoms with Gasteiger partial charge in [0.1, 0.15) is 29.9 Å². The van der Waals surface area contributed by atoms with Crippen LogP contribution in [0.4, 0.5) is 8.78 Å². The van der Waals surface area contributed by atoms with Crippen molar-refractivity contribution in [1.82, 2.24) is 9.80 Å². The Morgan fingerprint density at radius 2 is 1.97 bits per heavy atom. The Balaban J connectivity index is 1.19. The summed E-state index contributed by atoms with van der Waals surface area (Å²) in [5.74, 6) is -1.87. The van der Waals surface area contributed by atoms with Crippen LogP contribution in [-0.4, -0.2) is 61.1 Å². The third-order valence-corrected chi connectivity index (χ3v) is 7.06. The molecule has 3 aliphatic rings. The minimum Gasteiger partial charge on any atom is -0.457 e. The van der Waals surface area contributed by atoms with Crippen molar-refractivity contribution in [1.29, 1.82) is 5.26 Å². The Morgan fingerprint density at radius 1 is 1.18 bits per heavy atom. The van der Waals surface area contributed by atoms with E-state index in [1.807, 2.05) is 19.1 Å². The lowest BCUT2D eigenvalue weighted by Crippen LogP contribution is -2.58. The SMILES string of the molecule is Cc1c([C@@H]2CN3CCN(CCc4cc(F)c(C#N)c(F)c4)C[C@H]3CO2)ccc2c1COC2=O. The van der Waals surface area contributed by atoms with Gasteiger partial charge in [-0.1, -0.05) is 6.07 Å². The van der Waals surface area contributed by atoms with Crippen LogP contribution in [0.3, 0.4) is 0 Å². The molecule has 0 unspecified atom stereocenters. The summed E-state index contributed by atoms with van der Waals surface area (Å²) < 4.78 is 39.2. The van der Waals surface area contributed by atoms with Gasteiger partial charge in [0, 0.05) is 44.3 Å². The number of benzene rings is 2. The molecular weight excluding hydrogens is 428 g/mol. The first-order chi connectivity index (χ1) is 15.9. The van der Waals surface area contributed by atoms with Gasteiger partial charge in [-0.25, -0.2) is 13.6 Å². The van der Waals surface area contributed by atoms with Gasteiger partial charge in [0.05, 0.1) is 18.3 Å². The standard InChI is InChI=1S/C25H25F2N3O3/c1-15-18(2-3-19-21(15)14-33-25(19)31)24-12-30-7-6-29(11-17(30)13-32-24)5-4-16-8-22(26)20(10-28)23(27)9-16/h2-3,8-9,17,24H,4-7,11-14H2,1H3/t17-,24-/m0/s1. The highest BCUT2D eigenvalue weighted by Gasteiger charge is 2.35. The fourth-order valence-electron chi connectivity index (χ4n) is 5.12. The first-order valence-corrected chi connectivity index (χ1v) is 11.2. The fraction of sp³-hybridized carbons (Fsp3) is 0.440. The molecule has 8 heteroatoms. The summed E-state index contributed by atoms with van der Waals surface area (Å²) in [5, 5.41) is 8.82. The van der Waals surface area contributed by atoms with Crippen LogP contribution in [0.5, 0.6) is 0 Å². The monoisotopic (exact) mass is 453 g/mol. The van der Waals surface area contributed by atoms with Crippen molar-refractivity contribution < 1.29 is 23.0 Å². The van der Waals surface area contributed by atoms with Crippen LogP contribution < -0.4 is 0 Å². The number of halogens is 2. The van der Waals surface area contributed by atoms with Gasteiger partial charge in [0.15, 0.2) is 0 Å². The van der Waals surface area contributed by atoms with Crippen LogP contribution >= 0.6 is 0 Å². The summed E-state index contributed by atoms with van der Waals surface area (Å²) in [7, 11) is 0. The molecule has 0 radical (unpaired) electrons. The number of esters is 1. The lowest BCUT2D eigenvalue weighted by atomic mass is 9.94. The van der Waals surface area contributed by atoms with Gasteiger partial charge in [-0.05, 0) is 48.2 Å². The summed E-state index contributed by atoms with van der Waals surface area (Å²) >= 11 is 0. The van der Waals surface area contributed by atoms with Crippen LogP contribution in [0.2, 0.25) is 0 Å². The summed E-state index contributed by atoms with van der Waals surface area (Å²) in [5.41, 5.74) is 3.82. The van der Waals surface area contributed by atoms with Crippen LogP contribution in [0.15, 0.2) is 24.3 Å². The molecule has 3 aliphatic heterocycles. The van der Waals surface area contributed by atoms with E-state index in [0.29, 0.717) is 37.3 Å². The highest BCUT2D eigenvalue weighted by molar-refractivity contribution is 5.93. The van der Waals surface area contributed by atoms with Crippen molar-refractivity contribution in [3.8, 4) is 6.07 Å². The van der Waals surface area contributed by atoms with Crippen molar-refractivity contribution in [2.45, 2.75) is 32.1 Å². The molecule has 3 heterocycles. The summed E-state index contributed by atoms with van der Waals surface area (Å²) in [4.78, 5) is 16.6. The average Bonchev–Trinajstić information content (AvgIpc) is 3.19. The maximum atomic E-state index is 13.9. The lowest BCUT2D eigenvalue weighted by Gasteiger charge is -2.46. The van der Waals surface area contributed by atoms with Crippen molar-refractivity contribution in [2.24, 2.45) is 0 Å². The minimum absolute atomic E-state index is 0.0431. The molecule has 0 amide bonds. The van der Waals surface area contributed by atoms with Gasteiger partial charge in [-0.15, -0.1) is 0 Å². The number of cyclic esters (lactones) is 1. The van der Waals surface area contributed by atoms with Crippen molar-refractivity contribution in [3.63, 3.8) is 0 Å². The molecule has 2 aromatic carbocycles. The molecule has 0 bridgehead atoms. The van der Waals surface area contributed by atoms with Gasteiger partial charge < -0.3 is 14.4 Å². The number of rotatable bonds is 4. The predicted molar refractivity (Wildman–Crippen MR) is 116 cm³/mol. The summed E-state index contributed by atoms with van der Waals surface area (Å²) in [6, 6.07) is 8.16. The molecule has 0 saturated carbocycles. The normalized spacial score (nSPS) is 23.0. The first kappa shape index (κ1) is 22.0. The van der Waals surface area contributed by atoms with E-state index in [1.54, 1.807) is 6.07 Å². The molecule has 0 aliphatic carbocycles. The second-order valence-electron chi connectivity index (χ2n) is 8.95. The molecule has 2 aromatic rings. The molecule has 0 N–H and O–H groups in total. The number of carbonyl (C=O) groups excluding carboxylic acids is 1. The molecule has 0 aromatic heterocycles. The highest BCUT2D eigenvalue weighted by atomic mass is 19.1. The van der Waals surface area contributed by atoms with E-state index >= 15 is 0 Å². The van der Waals surface area contributed by atoms with Crippen LogP contribution in [-0.2, 0) is 22.5 Å². The molecule has 33 heavy (non-hydrogen) atoms. The molecule has 172 valence electrons. The van der Waals surface area contributed by atoms with Gasteiger partial charge in [-0.3, -0.25) is 4.90 Å².